The summed E-state index contributed by atoms with van der Waals surface area (Å²) in [4.78, 5) is 2.39. The Kier molecular flexibility index (Phi) is 5.74. The van der Waals surface area contributed by atoms with Crippen molar-refractivity contribution in [3.63, 3.8) is 0 Å². The average molecular weight is 295 g/mol. The van der Waals surface area contributed by atoms with Gasteiger partial charge in [0.25, 0.3) is 0 Å². The molecule has 2 rings (SSSR count). The summed E-state index contributed by atoms with van der Waals surface area (Å²) >= 11 is 6.52. The van der Waals surface area contributed by atoms with Gasteiger partial charge in [-0.15, -0.1) is 0 Å². The van der Waals surface area contributed by atoms with Crippen molar-refractivity contribution in [3.05, 3.63) is 28.8 Å². The number of nitrogens with zero attached hydrogens (tertiary/aromatic N) is 1. The highest BCUT2D eigenvalue weighted by atomic mass is 35.5. The SMILES string of the molecule is CNC(C)c1ccc(N(C)C2CCCCCC2)c(Cl)c1. The van der Waals surface area contributed by atoms with E-state index in [1.165, 1.54) is 49.8 Å². The molecule has 3 heteroatoms. The predicted octanol–water partition coefficient (Wildman–Crippen LogP) is 4.78. The fourth-order valence-corrected chi connectivity index (χ4v) is 3.41. The van der Waals surface area contributed by atoms with Crippen LogP contribution in [-0.2, 0) is 0 Å². The van der Waals surface area contributed by atoms with E-state index in [-0.39, 0.29) is 0 Å². The molecule has 0 saturated heterocycles. The minimum Gasteiger partial charge on any atom is -0.370 e. The smallest absolute Gasteiger partial charge is 0.0642 e. The molecule has 1 N–H and O–H groups in total. The minimum atomic E-state index is 0.338. The monoisotopic (exact) mass is 294 g/mol. The van der Waals surface area contributed by atoms with Gasteiger partial charge in [0.2, 0.25) is 0 Å². The first-order valence-electron chi connectivity index (χ1n) is 7.83. The molecule has 0 aromatic heterocycles. The molecule has 1 atom stereocenters. The van der Waals surface area contributed by atoms with Crippen molar-refractivity contribution >= 4 is 17.3 Å². The molecule has 2 nitrogen and oxygen atoms in total. The third-order valence-corrected chi connectivity index (χ3v) is 4.96. The van der Waals surface area contributed by atoms with Gasteiger partial charge in [0.05, 0.1) is 10.7 Å². The maximum Gasteiger partial charge on any atom is 0.0642 e. The fourth-order valence-electron chi connectivity index (χ4n) is 3.09. The quantitative estimate of drug-likeness (QED) is 0.804. The second-order valence-electron chi connectivity index (χ2n) is 5.98. The molecule has 1 aromatic rings. The molecule has 1 unspecified atom stereocenters. The second kappa shape index (κ2) is 7.33. The van der Waals surface area contributed by atoms with Crippen LogP contribution in [0, 0.1) is 0 Å². The molecule has 0 bridgehead atoms. The Morgan fingerprint density at radius 3 is 2.40 bits per heavy atom. The highest BCUT2D eigenvalue weighted by Gasteiger charge is 2.19. The predicted molar refractivity (Wildman–Crippen MR) is 88.8 cm³/mol. The molecule has 0 heterocycles. The summed E-state index contributed by atoms with van der Waals surface area (Å²) in [7, 11) is 4.17. The maximum atomic E-state index is 6.52. The van der Waals surface area contributed by atoms with Crippen LogP contribution in [0.2, 0.25) is 5.02 Å². The Balaban J connectivity index is 2.14. The van der Waals surface area contributed by atoms with Gasteiger partial charge in [0.1, 0.15) is 0 Å². The maximum absolute atomic E-state index is 6.52. The molecule has 1 aliphatic carbocycles. The molecule has 1 fully saturated rings. The number of hydrogen-bond acceptors (Lipinski definition) is 2. The third kappa shape index (κ3) is 3.67. The molecule has 112 valence electrons. The van der Waals surface area contributed by atoms with Crippen LogP contribution in [-0.4, -0.2) is 20.1 Å². The van der Waals surface area contributed by atoms with Crippen LogP contribution in [0.4, 0.5) is 5.69 Å². The molecule has 1 aliphatic rings. The third-order valence-electron chi connectivity index (χ3n) is 4.66. The Morgan fingerprint density at radius 2 is 1.85 bits per heavy atom. The number of benzene rings is 1. The number of hydrogen-bond donors (Lipinski definition) is 1. The van der Waals surface area contributed by atoms with E-state index in [2.05, 4.69) is 42.4 Å². The molecule has 1 saturated carbocycles. The van der Waals surface area contributed by atoms with Crippen molar-refractivity contribution in [2.45, 2.75) is 57.5 Å². The first-order chi connectivity index (χ1) is 9.63. The second-order valence-corrected chi connectivity index (χ2v) is 6.38. The summed E-state index contributed by atoms with van der Waals surface area (Å²) in [6.45, 7) is 2.15. The summed E-state index contributed by atoms with van der Waals surface area (Å²) in [5.74, 6) is 0. The number of nitrogens with one attached hydrogen (secondary N) is 1. The van der Waals surface area contributed by atoms with Gasteiger partial charge in [-0.05, 0) is 44.5 Å². The zero-order valence-electron chi connectivity index (χ0n) is 13.0. The van der Waals surface area contributed by atoms with Gasteiger partial charge >= 0.3 is 0 Å². The van der Waals surface area contributed by atoms with E-state index in [0.29, 0.717) is 12.1 Å². The van der Waals surface area contributed by atoms with Gasteiger partial charge < -0.3 is 10.2 Å². The van der Waals surface area contributed by atoms with Gasteiger partial charge in [-0.3, -0.25) is 0 Å². The van der Waals surface area contributed by atoms with E-state index >= 15 is 0 Å². The first-order valence-corrected chi connectivity index (χ1v) is 8.21. The summed E-state index contributed by atoms with van der Waals surface area (Å²) < 4.78 is 0. The van der Waals surface area contributed by atoms with Crippen molar-refractivity contribution in [2.24, 2.45) is 0 Å². The standard InChI is InChI=1S/C17H27ClN2/c1-13(19-2)14-10-11-17(16(18)12-14)20(3)15-8-6-4-5-7-9-15/h10-13,15,19H,4-9H2,1-3H3. The summed E-state index contributed by atoms with van der Waals surface area (Å²) in [6.07, 6.45) is 8.05. The molecule has 20 heavy (non-hydrogen) atoms. The van der Waals surface area contributed by atoms with Crippen LogP contribution in [0.5, 0.6) is 0 Å². The summed E-state index contributed by atoms with van der Waals surface area (Å²) in [5, 5.41) is 4.13. The summed E-state index contributed by atoms with van der Waals surface area (Å²) in [5.41, 5.74) is 2.42. The lowest BCUT2D eigenvalue weighted by Crippen LogP contribution is -2.31. The van der Waals surface area contributed by atoms with Crippen LogP contribution in [0.3, 0.4) is 0 Å². The van der Waals surface area contributed by atoms with Crippen molar-refractivity contribution in [1.82, 2.24) is 5.32 Å². The van der Waals surface area contributed by atoms with E-state index in [1.807, 2.05) is 7.05 Å². The fraction of sp³-hybridized carbons (Fsp3) is 0.647. The van der Waals surface area contributed by atoms with Crippen LogP contribution in [0.1, 0.15) is 57.1 Å². The number of rotatable bonds is 4. The average Bonchev–Trinajstić information content (AvgIpc) is 2.74. The molecule has 1 aromatic carbocycles. The van der Waals surface area contributed by atoms with E-state index in [1.54, 1.807) is 0 Å². The van der Waals surface area contributed by atoms with Crippen molar-refractivity contribution in [2.75, 3.05) is 19.0 Å². The van der Waals surface area contributed by atoms with Crippen molar-refractivity contribution in [3.8, 4) is 0 Å². The Hall–Kier alpha value is -0.730. The molecule has 0 amide bonds. The van der Waals surface area contributed by atoms with Gasteiger partial charge in [-0.2, -0.15) is 0 Å². The van der Waals surface area contributed by atoms with Crippen LogP contribution < -0.4 is 10.2 Å². The molecular weight excluding hydrogens is 268 g/mol. The zero-order valence-corrected chi connectivity index (χ0v) is 13.7. The molecule has 0 spiro atoms. The summed E-state index contributed by atoms with van der Waals surface area (Å²) in [6, 6.07) is 7.45. The van der Waals surface area contributed by atoms with Crippen molar-refractivity contribution < 1.29 is 0 Å². The van der Waals surface area contributed by atoms with Gasteiger partial charge in [-0.25, -0.2) is 0 Å². The first kappa shape index (κ1) is 15.7. The minimum absolute atomic E-state index is 0.338. The van der Waals surface area contributed by atoms with E-state index in [4.69, 9.17) is 11.6 Å². The molecule has 0 radical (unpaired) electrons. The van der Waals surface area contributed by atoms with Crippen LogP contribution >= 0.6 is 11.6 Å². The molecule has 0 aliphatic heterocycles. The van der Waals surface area contributed by atoms with Crippen LogP contribution in [0.15, 0.2) is 18.2 Å². The van der Waals surface area contributed by atoms with Gasteiger partial charge in [0, 0.05) is 19.1 Å². The van der Waals surface area contributed by atoms with Gasteiger partial charge in [-0.1, -0.05) is 43.4 Å². The van der Waals surface area contributed by atoms with E-state index in [0.717, 1.165) is 5.02 Å². The Labute approximate surface area is 128 Å². The lowest BCUT2D eigenvalue weighted by molar-refractivity contribution is 0.553. The van der Waals surface area contributed by atoms with Crippen LogP contribution in [0.25, 0.3) is 0 Å². The zero-order chi connectivity index (χ0) is 14.5. The number of anilines is 1. The Bertz CT molecular complexity index is 425. The lowest BCUT2D eigenvalue weighted by Gasteiger charge is -2.30. The van der Waals surface area contributed by atoms with Crippen molar-refractivity contribution in [1.29, 1.82) is 0 Å². The van der Waals surface area contributed by atoms with Gasteiger partial charge in [0.15, 0.2) is 0 Å². The number of halogens is 1. The topological polar surface area (TPSA) is 15.3 Å². The van der Waals surface area contributed by atoms with E-state index in [9.17, 15) is 0 Å². The highest BCUT2D eigenvalue weighted by Crippen LogP contribution is 2.32. The largest absolute Gasteiger partial charge is 0.370 e. The highest BCUT2D eigenvalue weighted by molar-refractivity contribution is 6.33. The van der Waals surface area contributed by atoms with E-state index < -0.39 is 0 Å². The Morgan fingerprint density at radius 1 is 1.20 bits per heavy atom. The lowest BCUT2D eigenvalue weighted by atomic mass is 10.0. The normalized spacial score (nSPS) is 18.6. The molecular formula is C17H27ClN2.